The maximum Gasteiger partial charge on any atom is 0.263 e. The van der Waals surface area contributed by atoms with Gasteiger partial charge in [-0.25, -0.2) is 4.98 Å². The smallest absolute Gasteiger partial charge is 0.263 e. The molecular weight excluding hydrogens is 298 g/mol. The highest BCUT2D eigenvalue weighted by molar-refractivity contribution is 7.18. The topological polar surface area (TPSA) is 64.7 Å². The van der Waals surface area contributed by atoms with E-state index in [1.54, 1.807) is 27.6 Å². The number of nitrogens with zero attached hydrogens (tertiary/aromatic N) is 4. The van der Waals surface area contributed by atoms with Crippen LogP contribution in [-0.4, -0.2) is 19.3 Å². The number of fused-ring (bicyclic) bond motifs is 3. The highest BCUT2D eigenvalue weighted by atomic mass is 32.1. The van der Waals surface area contributed by atoms with Crippen LogP contribution >= 0.6 is 11.3 Å². The van der Waals surface area contributed by atoms with Crippen LogP contribution in [0.15, 0.2) is 17.1 Å². The Morgan fingerprint density at radius 3 is 2.86 bits per heavy atom. The zero-order chi connectivity index (χ0) is 15.3. The van der Waals surface area contributed by atoms with Crippen molar-refractivity contribution in [3.63, 3.8) is 0 Å². The maximum atomic E-state index is 12.7. The van der Waals surface area contributed by atoms with Crippen molar-refractivity contribution in [3.8, 4) is 0 Å². The van der Waals surface area contributed by atoms with E-state index in [0.29, 0.717) is 11.8 Å². The van der Waals surface area contributed by atoms with Crippen LogP contribution < -0.4 is 10.9 Å². The van der Waals surface area contributed by atoms with Crippen LogP contribution in [-0.2, 0) is 26.9 Å². The quantitative estimate of drug-likeness (QED) is 0.788. The molecule has 6 nitrogen and oxygen atoms in total. The van der Waals surface area contributed by atoms with Gasteiger partial charge in [-0.3, -0.25) is 14.0 Å². The molecule has 0 amide bonds. The van der Waals surface area contributed by atoms with Crippen LogP contribution in [0.1, 0.15) is 23.3 Å². The summed E-state index contributed by atoms with van der Waals surface area (Å²) in [7, 11) is 3.61. The first-order chi connectivity index (χ1) is 10.6. The fraction of sp³-hybridized carbons (Fsp3) is 0.400. The molecule has 4 rings (SSSR count). The van der Waals surface area contributed by atoms with Gasteiger partial charge in [-0.05, 0) is 31.2 Å². The molecule has 0 unspecified atom stereocenters. The second-order valence-corrected chi connectivity index (χ2v) is 6.77. The van der Waals surface area contributed by atoms with E-state index >= 15 is 0 Å². The number of hydrogen-bond donors (Lipinski definition) is 1. The summed E-state index contributed by atoms with van der Waals surface area (Å²) in [6, 6.07) is 1.86. The standard InChI is InChI=1S/C15H17N5OS/c1-19-8-7-11(18-19)16-15-17-13-12(14(21)20(15)2)9-5-3-4-6-10(9)22-13/h7-8H,3-6H2,1-2H3,(H,16,17,18). The highest BCUT2D eigenvalue weighted by Gasteiger charge is 2.21. The summed E-state index contributed by atoms with van der Waals surface area (Å²) < 4.78 is 3.29. The van der Waals surface area contributed by atoms with Gasteiger partial charge in [0.05, 0.1) is 5.39 Å². The number of nitrogens with one attached hydrogen (secondary N) is 1. The lowest BCUT2D eigenvalue weighted by Crippen LogP contribution is -2.21. The molecule has 1 aliphatic carbocycles. The molecule has 0 fully saturated rings. The van der Waals surface area contributed by atoms with Crippen molar-refractivity contribution in [2.75, 3.05) is 5.32 Å². The summed E-state index contributed by atoms with van der Waals surface area (Å²) >= 11 is 1.66. The summed E-state index contributed by atoms with van der Waals surface area (Å²) in [4.78, 5) is 19.6. The molecule has 0 bridgehead atoms. The molecule has 0 atom stereocenters. The summed E-state index contributed by atoms with van der Waals surface area (Å²) in [5.74, 6) is 1.22. The molecule has 3 heterocycles. The Hall–Kier alpha value is -2.15. The minimum atomic E-state index is 0.0304. The van der Waals surface area contributed by atoms with Gasteiger partial charge in [0, 0.05) is 31.2 Å². The molecular formula is C15H17N5OS. The Bertz CT molecular complexity index is 920. The van der Waals surface area contributed by atoms with Crippen molar-refractivity contribution >= 4 is 33.3 Å². The second kappa shape index (κ2) is 4.95. The number of anilines is 2. The Morgan fingerprint density at radius 1 is 1.27 bits per heavy atom. The molecule has 0 aromatic carbocycles. The SMILES string of the molecule is Cn1ccc(Nc2nc3sc4c(c3c(=O)n2C)CCCC4)n1. The molecule has 0 saturated carbocycles. The fourth-order valence-corrected chi connectivity index (χ4v) is 4.25. The van der Waals surface area contributed by atoms with E-state index in [1.807, 2.05) is 19.3 Å². The monoisotopic (exact) mass is 315 g/mol. The van der Waals surface area contributed by atoms with Gasteiger partial charge in [-0.2, -0.15) is 5.10 Å². The van der Waals surface area contributed by atoms with E-state index in [1.165, 1.54) is 16.9 Å². The van der Waals surface area contributed by atoms with Gasteiger partial charge in [-0.1, -0.05) is 0 Å². The maximum absolute atomic E-state index is 12.7. The number of aromatic nitrogens is 4. The zero-order valence-electron chi connectivity index (χ0n) is 12.6. The van der Waals surface area contributed by atoms with E-state index in [4.69, 9.17) is 0 Å². The molecule has 3 aromatic heterocycles. The molecule has 3 aromatic rings. The fourth-order valence-electron chi connectivity index (χ4n) is 2.99. The van der Waals surface area contributed by atoms with E-state index in [0.717, 1.165) is 29.5 Å². The molecule has 114 valence electrons. The predicted octanol–water partition coefficient (Wildman–Crippen LogP) is 2.35. The van der Waals surface area contributed by atoms with Gasteiger partial charge in [0.25, 0.3) is 5.56 Å². The molecule has 0 spiro atoms. The van der Waals surface area contributed by atoms with Crippen LogP contribution in [0.25, 0.3) is 10.2 Å². The summed E-state index contributed by atoms with van der Waals surface area (Å²) in [6.45, 7) is 0. The van der Waals surface area contributed by atoms with Gasteiger partial charge in [0.2, 0.25) is 5.95 Å². The molecule has 0 saturated heterocycles. The van der Waals surface area contributed by atoms with Crippen molar-refractivity contribution in [1.82, 2.24) is 19.3 Å². The van der Waals surface area contributed by atoms with E-state index in [2.05, 4.69) is 15.4 Å². The van der Waals surface area contributed by atoms with E-state index in [9.17, 15) is 4.79 Å². The van der Waals surface area contributed by atoms with E-state index in [-0.39, 0.29) is 5.56 Å². The van der Waals surface area contributed by atoms with Crippen LogP contribution in [0.2, 0.25) is 0 Å². The van der Waals surface area contributed by atoms with Gasteiger partial charge >= 0.3 is 0 Å². The molecule has 0 aliphatic heterocycles. The number of aryl methyl sites for hydroxylation is 3. The lowest BCUT2D eigenvalue weighted by Gasteiger charge is -2.11. The summed E-state index contributed by atoms with van der Waals surface area (Å²) in [6.07, 6.45) is 6.29. The number of rotatable bonds is 2. The minimum Gasteiger partial charge on any atom is -0.309 e. The minimum absolute atomic E-state index is 0.0304. The van der Waals surface area contributed by atoms with Gasteiger partial charge < -0.3 is 5.32 Å². The number of thiophene rings is 1. The molecule has 22 heavy (non-hydrogen) atoms. The molecule has 1 aliphatic rings. The summed E-state index contributed by atoms with van der Waals surface area (Å²) in [5.41, 5.74) is 1.26. The second-order valence-electron chi connectivity index (χ2n) is 5.69. The lowest BCUT2D eigenvalue weighted by molar-refractivity contribution is 0.699. The van der Waals surface area contributed by atoms with Crippen LogP contribution in [0, 0.1) is 0 Å². The average Bonchev–Trinajstić information content (AvgIpc) is 3.07. The van der Waals surface area contributed by atoms with Crippen molar-refractivity contribution < 1.29 is 0 Å². The Labute approximate surface area is 131 Å². The largest absolute Gasteiger partial charge is 0.309 e. The first-order valence-electron chi connectivity index (χ1n) is 7.41. The van der Waals surface area contributed by atoms with Gasteiger partial charge in [0.15, 0.2) is 5.82 Å². The Balaban J connectivity index is 1.87. The van der Waals surface area contributed by atoms with Crippen LogP contribution in [0.5, 0.6) is 0 Å². The third-order valence-corrected chi connectivity index (χ3v) is 5.34. The normalized spacial score (nSPS) is 14.3. The predicted molar refractivity (Wildman–Crippen MR) is 88.0 cm³/mol. The lowest BCUT2D eigenvalue weighted by atomic mass is 9.97. The van der Waals surface area contributed by atoms with Crippen molar-refractivity contribution in [2.24, 2.45) is 14.1 Å². The Kier molecular flexibility index (Phi) is 3.04. The molecule has 0 radical (unpaired) electrons. The molecule has 1 N–H and O–H groups in total. The first-order valence-corrected chi connectivity index (χ1v) is 8.23. The Morgan fingerprint density at radius 2 is 2.09 bits per heavy atom. The first kappa shape index (κ1) is 13.5. The van der Waals surface area contributed by atoms with Crippen molar-refractivity contribution in [2.45, 2.75) is 25.7 Å². The van der Waals surface area contributed by atoms with Crippen molar-refractivity contribution in [3.05, 3.63) is 33.1 Å². The average molecular weight is 315 g/mol. The van der Waals surface area contributed by atoms with E-state index < -0.39 is 0 Å². The number of hydrogen-bond acceptors (Lipinski definition) is 5. The zero-order valence-corrected chi connectivity index (χ0v) is 13.4. The van der Waals surface area contributed by atoms with Gasteiger partial charge in [0.1, 0.15) is 4.83 Å². The van der Waals surface area contributed by atoms with Crippen LogP contribution in [0.4, 0.5) is 11.8 Å². The molecule has 7 heteroatoms. The summed E-state index contributed by atoms with van der Waals surface area (Å²) in [5, 5.41) is 8.22. The van der Waals surface area contributed by atoms with Crippen LogP contribution in [0.3, 0.4) is 0 Å². The third kappa shape index (κ3) is 2.04. The van der Waals surface area contributed by atoms with Gasteiger partial charge in [-0.15, -0.1) is 11.3 Å². The highest BCUT2D eigenvalue weighted by Crippen LogP contribution is 2.34. The third-order valence-electron chi connectivity index (χ3n) is 4.15. The van der Waals surface area contributed by atoms with Crippen molar-refractivity contribution in [1.29, 1.82) is 0 Å².